The van der Waals surface area contributed by atoms with Crippen LogP contribution in [0, 0.1) is 6.92 Å². The molecule has 1 rings (SSSR count). The molecular formula is C11H19BrN2O2Si. The lowest BCUT2D eigenvalue weighted by Gasteiger charge is -2.15. The van der Waals surface area contributed by atoms with Crippen molar-refractivity contribution >= 4 is 30.3 Å². The summed E-state index contributed by atoms with van der Waals surface area (Å²) in [4.78, 5) is 15.0. The lowest BCUT2D eigenvalue weighted by atomic mass is 10.6. The highest BCUT2D eigenvalue weighted by Crippen LogP contribution is 2.17. The Morgan fingerprint density at radius 1 is 1.47 bits per heavy atom. The van der Waals surface area contributed by atoms with E-state index in [1.807, 2.05) is 6.92 Å². The summed E-state index contributed by atoms with van der Waals surface area (Å²) < 4.78 is 8.16. The number of carbonyl (C=O) groups excluding carboxylic acids is 1. The van der Waals surface area contributed by atoms with Gasteiger partial charge in [-0.25, -0.2) is 4.98 Å². The molecule has 96 valence electrons. The maximum Gasteiger partial charge on any atom is 0.185 e. The average molecular weight is 319 g/mol. The summed E-state index contributed by atoms with van der Waals surface area (Å²) >= 11 is 3.40. The number of aromatic nitrogens is 2. The highest BCUT2D eigenvalue weighted by molar-refractivity contribution is 9.10. The van der Waals surface area contributed by atoms with Gasteiger partial charge in [0.2, 0.25) is 0 Å². The van der Waals surface area contributed by atoms with E-state index >= 15 is 0 Å². The molecule has 4 nitrogen and oxygen atoms in total. The molecule has 0 amide bonds. The molecule has 6 heteroatoms. The fraction of sp³-hybridized carbons (Fsp3) is 0.636. The average Bonchev–Trinajstić information content (AvgIpc) is 2.49. The lowest BCUT2D eigenvalue weighted by molar-refractivity contribution is 0.0818. The summed E-state index contributed by atoms with van der Waals surface area (Å²) in [6.45, 7) is 9.90. The Bertz CT molecular complexity index is 399. The summed E-state index contributed by atoms with van der Waals surface area (Å²) in [5.74, 6) is 0.405. The van der Waals surface area contributed by atoms with Crippen LogP contribution in [-0.4, -0.2) is 30.5 Å². The van der Waals surface area contributed by atoms with Crippen LogP contribution in [0.1, 0.15) is 16.3 Å². The molecule has 0 atom stereocenters. The zero-order valence-electron chi connectivity index (χ0n) is 10.8. The molecule has 0 aliphatic heterocycles. The fourth-order valence-electron chi connectivity index (χ4n) is 1.32. The van der Waals surface area contributed by atoms with E-state index in [1.165, 1.54) is 0 Å². The van der Waals surface area contributed by atoms with E-state index in [2.05, 4.69) is 40.6 Å². The van der Waals surface area contributed by atoms with E-state index in [1.54, 1.807) is 4.57 Å². The molecule has 1 heterocycles. The normalized spacial score (nSPS) is 11.8. The molecule has 0 unspecified atom stereocenters. The Hall–Kier alpha value is -0.463. The van der Waals surface area contributed by atoms with E-state index in [-0.39, 0.29) is 0 Å². The quantitative estimate of drug-likeness (QED) is 0.460. The van der Waals surface area contributed by atoms with Gasteiger partial charge in [-0.2, -0.15) is 0 Å². The maximum atomic E-state index is 10.8. The molecule has 0 aromatic carbocycles. The van der Waals surface area contributed by atoms with Crippen LogP contribution in [0.3, 0.4) is 0 Å². The van der Waals surface area contributed by atoms with Crippen LogP contribution < -0.4 is 0 Å². The maximum absolute atomic E-state index is 10.8. The summed E-state index contributed by atoms with van der Waals surface area (Å²) in [5, 5.41) is 0. The molecule has 0 fully saturated rings. The number of halogens is 1. The minimum atomic E-state index is -1.06. The second kappa shape index (κ2) is 5.93. The largest absolute Gasteiger partial charge is 0.361 e. The SMILES string of the molecule is Cc1nc(C=O)n(COCC[Si](C)(C)C)c1Br. The number of rotatable bonds is 6. The monoisotopic (exact) mass is 318 g/mol. The van der Waals surface area contributed by atoms with E-state index in [4.69, 9.17) is 4.74 Å². The number of hydrogen-bond donors (Lipinski definition) is 0. The predicted molar refractivity (Wildman–Crippen MR) is 74.2 cm³/mol. The third-order valence-electron chi connectivity index (χ3n) is 2.42. The number of nitrogens with zero attached hydrogens (tertiary/aromatic N) is 2. The van der Waals surface area contributed by atoms with Crippen molar-refractivity contribution in [2.45, 2.75) is 39.3 Å². The molecule has 1 aromatic rings. The van der Waals surface area contributed by atoms with Crippen LogP contribution in [0.4, 0.5) is 0 Å². The van der Waals surface area contributed by atoms with Crippen molar-refractivity contribution in [3.05, 3.63) is 16.1 Å². The van der Waals surface area contributed by atoms with E-state index in [0.29, 0.717) is 12.6 Å². The van der Waals surface area contributed by atoms with Gasteiger partial charge in [-0.3, -0.25) is 9.36 Å². The number of ether oxygens (including phenoxy) is 1. The first-order valence-electron chi connectivity index (χ1n) is 5.60. The van der Waals surface area contributed by atoms with E-state index < -0.39 is 8.07 Å². The first-order chi connectivity index (χ1) is 7.85. The summed E-state index contributed by atoms with van der Waals surface area (Å²) in [6.07, 6.45) is 0.750. The van der Waals surface area contributed by atoms with Gasteiger partial charge in [-0.1, -0.05) is 19.6 Å². The Morgan fingerprint density at radius 3 is 2.65 bits per heavy atom. The lowest BCUT2D eigenvalue weighted by Crippen LogP contribution is -2.22. The Balaban J connectivity index is 2.55. The summed E-state index contributed by atoms with van der Waals surface area (Å²) in [5.41, 5.74) is 0.806. The Kier molecular flexibility index (Phi) is 5.09. The second-order valence-electron chi connectivity index (χ2n) is 5.24. The van der Waals surface area contributed by atoms with Crippen molar-refractivity contribution in [1.82, 2.24) is 9.55 Å². The first-order valence-corrected chi connectivity index (χ1v) is 10.1. The van der Waals surface area contributed by atoms with Gasteiger partial charge in [0.25, 0.3) is 0 Å². The Labute approximate surface area is 112 Å². The molecule has 0 spiro atoms. The van der Waals surface area contributed by atoms with Gasteiger partial charge >= 0.3 is 0 Å². The van der Waals surface area contributed by atoms with E-state index in [0.717, 1.165) is 29.2 Å². The van der Waals surface area contributed by atoms with Gasteiger partial charge in [0.05, 0.1) is 5.69 Å². The number of hydrogen-bond acceptors (Lipinski definition) is 3. The van der Waals surface area contributed by atoms with Crippen molar-refractivity contribution in [2.75, 3.05) is 6.61 Å². The van der Waals surface area contributed by atoms with Crippen LogP contribution >= 0.6 is 15.9 Å². The van der Waals surface area contributed by atoms with E-state index in [9.17, 15) is 4.79 Å². The smallest absolute Gasteiger partial charge is 0.185 e. The molecule has 0 saturated carbocycles. The zero-order valence-corrected chi connectivity index (χ0v) is 13.4. The molecule has 17 heavy (non-hydrogen) atoms. The van der Waals surface area contributed by atoms with Crippen LogP contribution in [0.5, 0.6) is 0 Å². The van der Waals surface area contributed by atoms with Crippen molar-refractivity contribution in [1.29, 1.82) is 0 Å². The molecule has 0 aliphatic rings. The van der Waals surface area contributed by atoms with Gasteiger partial charge in [0.15, 0.2) is 12.1 Å². The van der Waals surface area contributed by atoms with Crippen molar-refractivity contribution in [3.63, 3.8) is 0 Å². The van der Waals surface area contributed by atoms with Crippen molar-refractivity contribution in [3.8, 4) is 0 Å². The molecule has 0 bridgehead atoms. The molecule has 0 aliphatic carbocycles. The Morgan fingerprint density at radius 2 is 2.12 bits per heavy atom. The minimum Gasteiger partial charge on any atom is -0.361 e. The molecule has 0 N–H and O–H groups in total. The number of aryl methyl sites for hydroxylation is 1. The highest BCUT2D eigenvalue weighted by atomic mass is 79.9. The van der Waals surface area contributed by atoms with Gasteiger partial charge in [-0.15, -0.1) is 0 Å². The van der Waals surface area contributed by atoms with Gasteiger partial charge < -0.3 is 4.74 Å². The van der Waals surface area contributed by atoms with Crippen molar-refractivity contribution < 1.29 is 9.53 Å². The number of aldehydes is 1. The van der Waals surface area contributed by atoms with Crippen LogP contribution in [0.15, 0.2) is 4.60 Å². The third-order valence-corrected chi connectivity index (χ3v) is 5.12. The molecule has 0 saturated heterocycles. The number of carbonyl (C=O) groups is 1. The topological polar surface area (TPSA) is 44.1 Å². The summed E-state index contributed by atoms with van der Waals surface area (Å²) in [7, 11) is -1.06. The second-order valence-corrected chi connectivity index (χ2v) is 11.6. The standard InChI is InChI=1S/C11H19BrN2O2Si/c1-9-11(12)14(10(7-15)13-9)8-16-5-6-17(2,3)4/h7H,5-6,8H2,1-4H3. The number of imidazole rings is 1. The van der Waals surface area contributed by atoms with Crippen molar-refractivity contribution in [2.24, 2.45) is 0 Å². The van der Waals surface area contributed by atoms with Crippen LogP contribution in [0.2, 0.25) is 25.7 Å². The molecule has 1 aromatic heterocycles. The van der Waals surface area contributed by atoms with Crippen LogP contribution in [-0.2, 0) is 11.5 Å². The highest BCUT2D eigenvalue weighted by Gasteiger charge is 2.14. The first kappa shape index (κ1) is 14.6. The predicted octanol–water partition coefficient (Wildman–Crippen LogP) is 3.08. The molecular weight excluding hydrogens is 300 g/mol. The summed E-state index contributed by atoms with van der Waals surface area (Å²) in [6, 6.07) is 1.12. The minimum absolute atomic E-state index is 0.375. The van der Waals surface area contributed by atoms with Crippen LogP contribution in [0.25, 0.3) is 0 Å². The van der Waals surface area contributed by atoms with Gasteiger partial charge in [-0.05, 0) is 28.9 Å². The fourth-order valence-corrected chi connectivity index (χ4v) is 2.45. The molecule has 0 radical (unpaired) electrons. The van der Waals surface area contributed by atoms with Gasteiger partial charge in [0, 0.05) is 14.7 Å². The zero-order chi connectivity index (χ0) is 13.1. The third kappa shape index (κ3) is 4.37. The van der Waals surface area contributed by atoms with Gasteiger partial charge in [0.1, 0.15) is 11.3 Å².